The van der Waals surface area contributed by atoms with E-state index in [1.165, 1.54) is 0 Å². The van der Waals surface area contributed by atoms with Gasteiger partial charge in [-0.1, -0.05) is 91.0 Å². The first-order chi connectivity index (χ1) is 15.3. The molecule has 0 fully saturated rings. The number of methoxy groups -OCH3 is 1. The van der Waals surface area contributed by atoms with Crippen molar-refractivity contribution in [2.75, 3.05) is 13.7 Å². The molecule has 0 spiro atoms. The second-order valence-electron chi connectivity index (χ2n) is 7.48. The van der Waals surface area contributed by atoms with E-state index in [0.29, 0.717) is 19.8 Å². The predicted molar refractivity (Wildman–Crippen MR) is 121 cm³/mol. The summed E-state index contributed by atoms with van der Waals surface area (Å²) in [7, 11) is 1.68. The molecule has 0 unspecified atom stereocenters. The van der Waals surface area contributed by atoms with Crippen molar-refractivity contribution in [1.29, 1.82) is 0 Å². The van der Waals surface area contributed by atoms with Crippen LogP contribution in [0.3, 0.4) is 0 Å². The van der Waals surface area contributed by atoms with Crippen molar-refractivity contribution in [3.63, 3.8) is 0 Å². The Kier molecular flexibility index (Phi) is 7.51. The summed E-state index contributed by atoms with van der Waals surface area (Å²) in [5.41, 5.74) is 3.26. The molecule has 4 heteroatoms. The first-order valence-electron chi connectivity index (χ1n) is 10.6. The third-order valence-electron chi connectivity index (χ3n) is 5.29. The van der Waals surface area contributed by atoms with Crippen molar-refractivity contribution >= 4 is 0 Å². The van der Waals surface area contributed by atoms with E-state index >= 15 is 0 Å². The number of ether oxygens (including phenoxy) is 4. The molecule has 3 atom stereocenters. The summed E-state index contributed by atoms with van der Waals surface area (Å²) in [4.78, 5) is 0. The van der Waals surface area contributed by atoms with Crippen LogP contribution in [0.2, 0.25) is 0 Å². The first kappa shape index (κ1) is 21.3. The molecule has 1 aliphatic heterocycles. The maximum atomic E-state index is 6.44. The zero-order valence-electron chi connectivity index (χ0n) is 17.7. The second-order valence-corrected chi connectivity index (χ2v) is 7.48. The molecular weight excluding hydrogens is 388 g/mol. The summed E-state index contributed by atoms with van der Waals surface area (Å²) in [5, 5.41) is 0. The van der Waals surface area contributed by atoms with Crippen LogP contribution in [-0.4, -0.2) is 25.9 Å². The Bertz CT molecular complexity index is 955. The lowest BCUT2D eigenvalue weighted by atomic mass is 10.0. The lowest BCUT2D eigenvalue weighted by molar-refractivity contribution is -0.120. The Morgan fingerprint density at radius 3 is 2.10 bits per heavy atom. The molecule has 4 rings (SSSR count). The molecule has 0 saturated heterocycles. The van der Waals surface area contributed by atoms with E-state index in [1.54, 1.807) is 7.11 Å². The Morgan fingerprint density at radius 2 is 1.39 bits per heavy atom. The SMILES string of the molecule is COc1ccccc1[C@H]1C=C[C@H](OCc2ccccc2)[C@@H](COCc2ccccc2)O1. The van der Waals surface area contributed by atoms with Gasteiger partial charge >= 0.3 is 0 Å². The Labute approximate surface area is 184 Å². The van der Waals surface area contributed by atoms with Gasteiger partial charge in [-0.2, -0.15) is 0 Å². The normalized spacial score (nSPS) is 20.5. The van der Waals surface area contributed by atoms with Crippen molar-refractivity contribution in [2.45, 2.75) is 31.5 Å². The summed E-state index contributed by atoms with van der Waals surface area (Å²) in [5.74, 6) is 0.810. The Hall–Kier alpha value is -2.92. The first-order valence-corrected chi connectivity index (χ1v) is 10.6. The van der Waals surface area contributed by atoms with E-state index in [9.17, 15) is 0 Å². The molecule has 3 aromatic carbocycles. The molecule has 0 saturated carbocycles. The molecule has 1 aliphatic rings. The molecule has 3 aromatic rings. The minimum Gasteiger partial charge on any atom is -0.496 e. The highest BCUT2D eigenvalue weighted by molar-refractivity contribution is 5.37. The highest BCUT2D eigenvalue weighted by Crippen LogP contribution is 2.33. The van der Waals surface area contributed by atoms with Crippen LogP contribution in [0.25, 0.3) is 0 Å². The zero-order chi connectivity index (χ0) is 21.3. The molecule has 0 amide bonds. The summed E-state index contributed by atoms with van der Waals surface area (Å²) in [6.45, 7) is 1.49. The zero-order valence-corrected chi connectivity index (χ0v) is 17.7. The van der Waals surface area contributed by atoms with Crippen molar-refractivity contribution in [2.24, 2.45) is 0 Å². The van der Waals surface area contributed by atoms with Gasteiger partial charge in [-0.25, -0.2) is 0 Å². The van der Waals surface area contributed by atoms with Crippen LogP contribution < -0.4 is 4.74 Å². The molecule has 4 nitrogen and oxygen atoms in total. The average Bonchev–Trinajstić information content (AvgIpc) is 2.84. The third kappa shape index (κ3) is 5.82. The average molecular weight is 417 g/mol. The summed E-state index contributed by atoms with van der Waals surface area (Å²) >= 11 is 0. The molecule has 0 radical (unpaired) electrons. The monoisotopic (exact) mass is 416 g/mol. The van der Waals surface area contributed by atoms with Gasteiger partial charge in [0.05, 0.1) is 26.9 Å². The van der Waals surface area contributed by atoms with E-state index in [2.05, 4.69) is 30.3 Å². The van der Waals surface area contributed by atoms with Crippen molar-refractivity contribution in [1.82, 2.24) is 0 Å². The third-order valence-corrected chi connectivity index (χ3v) is 5.29. The molecule has 0 aromatic heterocycles. The minimum absolute atomic E-state index is 0.193. The van der Waals surface area contributed by atoms with Gasteiger partial charge in [0.15, 0.2) is 0 Å². The van der Waals surface area contributed by atoms with E-state index in [4.69, 9.17) is 18.9 Å². The van der Waals surface area contributed by atoms with E-state index in [1.807, 2.05) is 66.7 Å². The molecule has 0 aliphatic carbocycles. The summed E-state index contributed by atoms with van der Waals surface area (Å²) < 4.78 is 24.2. The highest BCUT2D eigenvalue weighted by Gasteiger charge is 2.30. The van der Waals surface area contributed by atoms with Gasteiger partial charge in [0.2, 0.25) is 0 Å². The van der Waals surface area contributed by atoms with E-state index in [-0.39, 0.29) is 18.3 Å². The van der Waals surface area contributed by atoms with Crippen LogP contribution >= 0.6 is 0 Å². The molecular formula is C27H28O4. The fourth-order valence-corrected chi connectivity index (χ4v) is 3.65. The maximum absolute atomic E-state index is 6.44. The van der Waals surface area contributed by atoms with Crippen LogP contribution in [0.1, 0.15) is 22.8 Å². The predicted octanol–water partition coefficient (Wildman–Crippen LogP) is 5.49. The van der Waals surface area contributed by atoms with Crippen LogP contribution in [0.15, 0.2) is 97.1 Å². The molecule has 0 N–H and O–H groups in total. The maximum Gasteiger partial charge on any atom is 0.124 e. The standard InChI is InChI=1S/C27H28O4/c1-28-24-15-9-8-14-23(24)25-16-17-26(30-19-22-12-6-3-7-13-22)27(31-25)20-29-18-21-10-4-2-5-11-21/h2-17,25-27H,18-20H2,1H3/t25-,26+,27-/m1/s1. The van der Waals surface area contributed by atoms with Crippen LogP contribution in [0, 0.1) is 0 Å². The van der Waals surface area contributed by atoms with E-state index < -0.39 is 0 Å². The van der Waals surface area contributed by atoms with E-state index in [0.717, 1.165) is 22.4 Å². The van der Waals surface area contributed by atoms with Gasteiger partial charge in [0, 0.05) is 5.56 Å². The van der Waals surface area contributed by atoms with Gasteiger partial charge < -0.3 is 18.9 Å². The highest BCUT2D eigenvalue weighted by atomic mass is 16.6. The number of rotatable bonds is 9. The van der Waals surface area contributed by atoms with Gasteiger partial charge in [-0.15, -0.1) is 0 Å². The number of hydrogen-bond donors (Lipinski definition) is 0. The molecule has 1 heterocycles. The Morgan fingerprint density at radius 1 is 0.742 bits per heavy atom. The van der Waals surface area contributed by atoms with Crippen molar-refractivity contribution in [3.8, 4) is 5.75 Å². The van der Waals surface area contributed by atoms with Crippen molar-refractivity contribution < 1.29 is 18.9 Å². The fraction of sp³-hybridized carbons (Fsp3) is 0.259. The molecule has 31 heavy (non-hydrogen) atoms. The number of para-hydroxylation sites is 1. The van der Waals surface area contributed by atoms with Crippen LogP contribution in [-0.2, 0) is 27.4 Å². The van der Waals surface area contributed by atoms with Gasteiger partial charge in [0.1, 0.15) is 24.1 Å². The number of benzene rings is 3. The lowest BCUT2D eigenvalue weighted by Crippen LogP contribution is -2.38. The topological polar surface area (TPSA) is 36.9 Å². The lowest BCUT2D eigenvalue weighted by Gasteiger charge is -2.33. The summed E-state index contributed by atoms with van der Waals surface area (Å²) in [6.07, 6.45) is 3.49. The molecule has 160 valence electrons. The van der Waals surface area contributed by atoms with Crippen molar-refractivity contribution in [3.05, 3.63) is 114 Å². The summed E-state index contributed by atoms with van der Waals surface area (Å²) in [6, 6.07) is 28.2. The van der Waals surface area contributed by atoms with Gasteiger partial charge in [-0.3, -0.25) is 0 Å². The smallest absolute Gasteiger partial charge is 0.124 e. The second kappa shape index (κ2) is 10.9. The Balaban J connectivity index is 1.46. The molecule has 0 bridgehead atoms. The minimum atomic E-state index is -0.229. The fourth-order valence-electron chi connectivity index (χ4n) is 3.65. The van der Waals surface area contributed by atoms with Gasteiger partial charge in [0.25, 0.3) is 0 Å². The van der Waals surface area contributed by atoms with Crippen LogP contribution in [0.4, 0.5) is 0 Å². The quantitative estimate of drug-likeness (QED) is 0.432. The largest absolute Gasteiger partial charge is 0.496 e. The number of hydrogen-bond acceptors (Lipinski definition) is 4. The van der Waals surface area contributed by atoms with Gasteiger partial charge in [-0.05, 0) is 17.2 Å². The van der Waals surface area contributed by atoms with Crippen LogP contribution in [0.5, 0.6) is 5.75 Å².